The molecular weight excluding hydrogens is 294 g/mol. The van der Waals surface area contributed by atoms with Gasteiger partial charge in [0.15, 0.2) is 0 Å². The number of hydrogen-bond donors (Lipinski definition) is 1. The van der Waals surface area contributed by atoms with Gasteiger partial charge in [-0.05, 0) is 18.1 Å². The summed E-state index contributed by atoms with van der Waals surface area (Å²) in [5, 5.41) is 3.41. The zero-order chi connectivity index (χ0) is 15.8. The van der Waals surface area contributed by atoms with Gasteiger partial charge in [0.1, 0.15) is 0 Å². The molecule has 1 aliphatic heterocycles. The lowest BCUT2D eigenvalue weighted by atomic mass is 9.95. The summed E-state index contributed by atoms with van der Waals surface area (Å²) in [6, 6.07) is 8.54. The molecule has 0 spiro atoms. The second kappa shape index (κ2) is 8.89. The van der Waals surface area contributed by atoms with E-state index in [9.17, 15) is 0 Å². The van der Waals surface area contributed by atoms with Crippen LogP contribution in [0.5, 0.6) is 0 Å². The molecule has 0 radical (unpaired) electrons. The van der Waals surface area contributed by atoms with Crippen molar-refractivity contribution in [3.8, 4) is 0 Å². The van der Waals surface area contributed by atoms with Crippen LogP contribution in [0.3, 0.4) is 0 Å². The molecule has 2 rings (SSSR count). The highest BCUT2D eigenvalue weighted by Crippen LogP contribution is 2.32. The minimum Gasteiger partial charge on any atom is -0.314 e. The van der Waals surface area contributed by atoms with E-state index in [-0.39, 0.29) is 6.04 Å². The van der Waals surface area contributed by atoms with Gasteiger partial charge in [-0.3, -0.25) is 9.89 Å². The average molecular weight is 318 g/mol. The van der Waals surface area contributed by atoms with Crippen molar-refractivity contribution in [1.82, 2.24) is 10.2 Å². The molecule has 0 amide bonds. The Bertz CT molecular complexity index is 545. The van der Waals surface area contributed by atoms with Crippen LogP contribution in [0.1, 0.15) is 24.1 Å². The van der Waals surface area contributed by atoms with Crippen LogP contribution in [0.4, 0.5) is 0 Å². The predicted molar refractivity (Wildman–Crippen MR) is 96.7 cm³/mol. The number of allylic oxidation sites excluding steroid dienone is 1. The van der Waals surface area contributed by atoms with Crippen LogP contribution in [0.15, 0.2) is 47.6 Å². The average Bonchev–Trinajstić information content (AvgIpc) is 2.59. The van der Waals surface area contributed by atoms with Crippen molar-refractivity contribution in [2.45, 2.75) is 13.0 Å². The molecule has 1 atom stereocenters. The van der Waals surface area contributed by atoms with E-state index in [1.165, 1.54) is 5.56 Å². The summed E-state index contributed by atoms with van der Waals surface area (Å²) in [6.07, 6.45) is 5.77. The topological polar surface area (TPSA) is 27.6 Å². The number of nitrogens with zero attached hydrogens (tertiary/aromatic N) is 2. The maximum atomic E-state index is 5.78. The van der Waals surface area contributed by atoms with E-state index in [0.29, 0.717) is 5.88 Å². The maximum Gasteiger partial charge on any atom is 0.0779 e. The van der Waals surface area contributed by atoms with Crippen molar-refractivity contribution in [1.29, 1.82) is 0 Å². The van der Waals surface area contributed by atoms with Gasteiger partial charge in [0.05, 0.1) is 17.6 Å². The van der Waals surface area contributed by atoms with Crippen LogP contribution in [-0.4, -0.2) is 43.2 Å². The number of hydrogen-bond acceptors (Lipinski definition) is 3. The molecule has 1 heterocycles. The van der Waals surface area contributed by atoms with Crippen LogP contribution in [0, 0.1) is 0 Å². The molecule has 1 aromatic carbocycles. The number of aliphatic imine (C=N–C) groups is 1. The van der Waals surface area contributed by atoms with Gasteiger partial charge in [-0.25, -0.2) is 0 Å². The number of rotatable bonds is 6. The van der Waals surface area contributed by atoms with Crippen molar-refractivity contribution >= 4 is 23.9 Å². The Hall–Kier alpha value is -1.42. The van der Waals surface area contributed by atoms with E-state index in [0.717, 1.165) is 37.4 Å². The van der Waals surface area contributed by atoms with E-state index in [1.807, 2.05) is 19.1 Å². The largest absolute Gasteiger partial charge is 0.314 e. The molecule has 22 heavy (non-hydrogen) atoms. The van der Waals surface area contributed by atoms with Crippen LogP contribution in [-0.2, 0) is 0 Å². The Morgan fingerprint density at radius 3 is 2.77 bits per heavy atom. The molecule has 0 bridgehead atoms. The van der Waals surface area contributed by atoms with Crippen molar-refractivity contribution in [3.63, 3.8) is 0 Å². The molecule has 1 fully saturated rings. The van der Waals surface area contributed by atoms with Crippen LogP contribution in [0.25, 0.3) is 6.08 Å². The number of halogens is 1. The zero-order valence-corrected chi connectivity index (χ0v) is 13.9. The Morgan fingerprint density at radius 2 is 2.14 bits per heavy atom. The van der Waals surface area contributed by atoms with E-state index in [4.69, 9.17) is 11.6 Å². The van der Waals surface area contributed by atoms with Crippen LogP contribution < -0.4 is 5.32 Å². The minimum absolute atomic E-state index is 0.140. The fourth-order valence-electron chi connectivity index (χ4n) is 2.87. The summed E-state index contributed by atoms with van der Waals surface area (Å²) in [6.45, 7) is 10.0. The summed E-state index contributed by atoms with van der Waals surface area (Å²) in [4.78, 5) is 7.07. The van der Waals surface area contributed by atoms with E-state index < -0.39 is 0 Å². The second-order valence-corrected chi connectivity index (χ2v) is 5.51. The molecule has 1 unspecified atom stereocenters. The molecule has 1 aromatic rings. The Kier molecular flexibility index (Phi) is 6.84. The summed E-state index contributed by atoms with van der Waals surface area (Å²) >= 11 is 5.78. The van der Waals surface area contributed by atoms with Crippen molar-refractivity contribution in [3.05, 3.63) is 53.7 Å². The van der Waals surface area contributed by atoms with Gasteiger partial charge in [0.2, 0.25) is 0 Å². The fraction of sp³-hybridized carbons (Fsp3) is 0.389. The van der Waals surface area contributed by atoms with E-state index in [1.54, 1.807) is 6.21 Å². The van der Waals surface area contributed by atoms with Gasteiger partial charge in [-0.1, -0.05) is 43.0 Å². The Balaban J connectivity index is 2.44. The monoisotopic (exact) mass is 317 g/mol. The summed E-state index contributed by atoms with van der Waals surface area (Å²) in [5.74, 6) is 0.425. The van der Waals surface area contributed by atoms with Crippen molar-refractivity contribution < 1.29 is 0 Å². The molecule has 0 saturated carbocycles. The quantitative estimate of drug-likeness (QED) is 0.642. The standard InChI is InChI=1S/C18H24ClN3/c1-3-15-7-5-6-8-16(15)18(17(4-2)21-10-9-19)22-13-11-20-12-14-22/h3-8,10,18,20H,1,9,11-14H2,2H3/b17-4-,21-10?. The number of benzene rings is 1. The lowest BCUT2D eigenvalue weighted by Crippen LogP contribution is -2.45. The third-order valence-electron chi connectivity index (χ3n) is 3.91. The van der Waals surface area contributed by atoms with Gasteiger partial charge >= 0.3 is 0 Å². The summed E-state index contributed by atoms with van der Waals surface area (Å²) < 4.78 is 0. The van der Waals surface area contributed by atoms with Gasteiger partial charge in [0.25, 0.3) is 0 Å². The predicted octanol–water partition coefficient (Wildman–Crippen LogP) is 3.49. The van der Waals surface area contributed by atoms with Crippen LogP contribution in [0.2, 0.25) is 0 Å². The number of piperazine rings is 1. The third-order valence-corrected chi connectivity index (χ3v) is 4.05. The summed E-state index contributed by atoms with van der Waals surface area (Å²) in [5.41, 5.74) is 3.45. The maximum absolute atomic E-state index is 5.78. The Labute approximate surface area is 138 Å². The first kappa shape index (κ1) is 16.9. The van der Waals surface area contributed by atoms with Gasteiger partial charge in [-0.15, -0.1) is 11.6 Å². The second-order valence-electron chi connectivity index (χ2n) is 5.20. The number of nitrogens with one attached hydrogen (secondary N) is 1. The first-order valence-electron chi connectivity index (χ1n) is 7.72. The Morgan fingerprint density at radius 1 is 1.41 bits per heavy atom. The first-order valence-corrected chi connectivity index (χ1v) is 8.26. The van der Waals surface area contributed by atoms with Gasteiger partial charge in [-0.2, -0.15) is 0 Å². The fourth-order valence-corrected chi connectivity index (χ4v) is 2.94. The molecule has 0 aromatic heterocycles. The van der Waals surface area contributed by atoms with E-state index >= 15 is 0 Å². The molecular formula is C18H24ClN3. The van der Waals surface area contributed by atoms with Crippen molar-refractivity contribution in [2.75, 3.05) is 32.1 Å². The zero-order valence-electron chi connectivity index (χ0n) is 13.1. The molecule has 118 valence electrons. The smallest absolute Gasteiger partial charge is 0.0779 e. The molecule has 3 nitrogen and oxygen atoms in total. The normalized spacial score (nSPS) is 18.5. The van der Waals surface area contributed by atoms with Crippen molar-refractivity contribution in [2.24, 2.45) is 4.99 Å². The minimum atomic E-state index is 0.140. The molecule has 1 aliphatic rings. The molecule has 4 heteroatoms. The lowest BCUT2D eigenvalue weighted by Gasteiger charge is -2.36. The highest BCUT2D eigenvalue weighted by atomic mass is 35.5. The first-order chi connectivity index (χ1) is 10.8. The SMILES string of the molecule is C=Cc1ccccc1C(/C(=C/C)N=CCCl)N1CCNCC1. The molecule has 1 saturated heterocycles. The highest BCUT2D eigenvalue weighted by Gasteiger charge is 2.26. The van der Waals surface area contributed by atoms with E-state index in [2.05, 4.69) is 46.1 Å². The third kappa shape index (κ3) is 4.07. The molecule has 1 N–H and O–H groups in total. The van der Waals surface area contributed by atoms with Gasteiger partial charge < -0.3 is 5.32 Å². The highest BCUT2D eigenvalue weighted by molar-refractivity contribution is 6.24. The van der Waals surface area contributed by atoms with Gasteiger partial charge in [0, 0.05) is 32.4 Å². The number of alkyl halides is 1. The summed E-state index contributed by atoms with van der Waals surface area (Å²) in [7, 11) is 0. The molecule has 0 aliphatic carbocycles. The van der Waals surface area contributed by atoms with Crippen LogP contribution >= 0.6 is 11.6 Å². The lowest BCUT2D eigenvalue weighted by molar-refractivity contribution is 0.194.